The lowest BCUT2D eigenvalue weighted by Gasteiger charge is -2.30. The van der Waals surface area contributed by atoms with Crippen molar-refractivity contribution in [1.29, 1.82) is 0 Å². The number of piperazine rings is 1. The number of hydrogen-bond donors (Lipinski definition) is 3. The first-order valence-electron chi connectivity index (χ1n) is 14.8. The molecule has 0 amide bonds. The second kappa shape index (κ2) is 11.6. The van der Waals surface area contributed by atoms with E-state index in [4.69, 9.17) is 9.97 Å². The first-order chi connectivity index (χ1) is 19.9. The van der Waals surface area contributed by atoms with Crippen molar-refractivity contribution in [2.24, 2.45) is 0 Å². The highest BCUT2D eigenvalue weighted by Crippen LogP contribution is 2.29. The van der Waals surface area contributed by atoms with E-state index in [-0.39, 0.29) is 17.6 Å². The molecule has 3 aromatic heterocycles. The van der Waals surface area contributed by atoms with Crippen LogP contribution in [0.25, 0.3) is 22.2 Å². The molecule has 3 N–H and O–H groups in total. The van der Waals surface area contributed by atoms with Crippen molar-refractivity contribution in [3.8, 4) is 11.1 Å². The van der Waals surface area contributed by atoms with Gasteiger partial charge in [0.15, 0.2) is 0 Å². The van der Waals surface area contributed by atoms with Gasteiger partial charge in [0.05, 0.1) is 5.69 Å². The third-order valence-corrected chi connectivity index (χ3v) is 8.29. The van der Waals surface area contributed by atoms with E-state index in [1.807, 2.05) is 26.1 Å². The lowest BCUT2D eigenvalue weighted by atomic mass is 9.97. The van der Waals surface area contributed by atoms with E-state index in [2.05, 4.69) is 63.9 Å². The van der Waals surface area contributed by atoms with Gasteiger partial charge in [-0.05, 0) is 88.5 Å². The fourth-order valence-corrected chi connectivity index (χ4v) is 6.13. The average molecular weight is 553 g/mol. The molecule has 0 radical (unpaired) electrons. The van der Waals surface area contributed by atoms with E-state index in [9.17, 15) is 4.79 Å². The molecule has 0 aliphatic carbocycles. The smallest absolute Gasteiger partial charge is 0.260 e. The molecule has 9 heteroatoms. The molecule has 0 bridgehead atoms. The SMILES string of the molecule is Cc1cc(C2CCCCN2)ncc1-c1cc2cnc(Nc3ccc(N4CCNCC4)c(C)c3)nc2n(C(C)C)c1=O. The molecule has 1 aromatic carbocycles. The third kappa shape index (κ3) is 5.56. The summed E-state index contributed by atoms with van der Waals surface area (Å²) in [6.45, 7) is 13.3. The number of fused-ring (bicyclic) bond motifs is 1. The molecule has 1 unspecified atom stereocenters. The summed E-state index contributed by atoms with van der Waals surface area (Å²) >= 11 is 0. The highest BCUT2D eigenvalue weighted by Gasteiger charge is 2.20. The molecule has 2 aliphatic rings. The minimum absolute atomic E-state index is 0.0678. The predicted molar refractivity (Wildman–Crippen MR) is 166 cm³/mol. The Morgan fingerprint density at radius 1 is 0.951 bits per heavy atom. The lowest BCUT2D eigenvalue weighted by Crippen LogP contribution is -2.43. The molecule has 214 valence electrons. The van der Waals surface area contributed by atoms with E-state index in [0.29, 0.717) is 17.2 Å². The molecular formula is C32H40N8O. The fraction of sp³-hybridized carbons (Fsp3) is 0.438. The van der Waals surface area contributed by atoms with Crippen LogP contribution < -0.4 is 26.4 Å². The van der Waals surface area contributed by atoms with E-state index < -0.39 is 0 Å². The summed E-state index contributed by atoms with van der Waals surface area (Å²) in [6, 6.07) is 10.6. The Morgan fingerprint density at radius 3 is 2.49 bits per heavy atom. The summed E-state index contributed by atoms with van der Waals surface area (Å²) in [5, 5.41) is 11.2. The molecule has 41 heavy (non-hydrogen) atoms. The van der Waals surface area contributed by atoms with E-state index >= 15 is 0 Å². The Morgan fingerprint density at radius 2 is 1.78 bits per heavy atom. The number of pyridine rings is 2. The number of nitrogens with one attached hydrogen (secondary N) is 3. The maximum atomic E-state index is 13.9. The Balaban J connectivity index is 1.32. The molecule has 5 heterocycles. The summed E-state index contributed by atoms with van der Waals surface area (Å²) < 4.78 is 1.77. The van der Waals surface area contributed by atoms with Crippen molar-refractivity contribution in [3.05, 3.63) is 69.9 Å². The van der Waals surface area contributed by atoms with Crippen LogP contribution in [0.4, 0.5) is 17.3 Å². The van der Waals surface area contributed by atoms with Gasteiger partial charge in [-0.15, -0.1) is 0 Å². The average Bonchev–Trinajstić information content (AvgIpc) is 2.98. The number of benzene rings is 1. The van der Waals surface area contributed by atoms with E-state index in [1.165, 1.54) is 24.1 Å². The van der Waals surface area contributed by atoms with Crippen LogP contribution in [0.1, 0.15) is 62.0 Å². The number of rotatable bonds is 6. The molecule has 2 aliphatic heterocycles. The molecule has 1 atom stereocenters. The fourth-order valence-electron chi connectivity index (χ4n) is 6.13. The summed E-state index contributed by atoms with van der Waals surface area (Å²) in [5.74, 6) is 0.468. The van der Waals surface area contributed by atoms with Gasteiger partial charge in [0.25, 0.3) is 5.56 Å². The van der Waals surface area contributed by atoms with Crippen LogP contribution in [0.15, 0.2) is 47.5 Å². The third-order valence-electron chi connectivity index (χ3n) is 8.29. The number of nitrogens with zero attached hydrogens (tertiary/aromatic N) is 5. The van der Waals surface area contributed by atoms with Gasteiger partial charge in [-0.1, -0.05) is 6.42 Å². The van der Waals surface area contributed by atoms with Gasteiger partial charge in [0.2, 0.25) is 5.95 Å². The molecule has 9 nitrogen and oxygen atoms in total. The number of piperidine rings is 1. The second-order valence-electron chi connectivity index (χ2n) is 11.6. The molecule has 2 saturated heterocycles. The second-order valence-corrected chi connectivity index (χ2v) is 11.6. The molecule has 6 rings (SSSR count). The van der Waals surface area contributed by atoms with Crippen molar-refractivity contribution >= 4 is 28.4 Å². The topological polar surface area (TPSA) is 100 Å². The molecule has 4 aromatic rings. The van der Waals surface area contributed by atoms with Crippen molar-refractivity contribution < 1.29 is 0 Å². The van der Waals surface area contributed by atoms with Crippen LogP contribution in [0.5, 0.6) is 0 Å². The van der Waals surface area contributed by atoms with Gasteiger partial charge in [0.1, 0.15) is 5.65 Å². The van der Waals surface area contributed by atoms with Gasteiger partial charge >= 0.3 is 0 Å². The summed E-state index contributed by atoms with van der Waals surface area (Å²) in [6.07, 6.45) is 7.17. The van der Waals surface area contributed by atoms with Crippen LogP contribution in [0.2, 0.25) is 0 Å². The monoisotopic (exact) mass is 552 g/mol. The normalized spacial score (nSPS) is 17.8. The van der Waals surface area contributed by atoms with Crippen molar-refractivity contribution in [3.63, 3.8) is 0 Å². The lowest BCUT2D eigenvalue weighted by molar-refractivity contribution is 0.405. The minimum atomic E-state index is -0.0766. The molecule has 2 fully saturated rings. The first kappa shape index (κ1) is 27.4. The van der Waals surface area contributed by atoms with Gasteiger partial charge < -0.3 is 20.9 Å². The zero-order valence-corrected chi connectivity index (χ0v) is 24.5. The van der Waals surface area contributed by atoms with Crippen LogP contribution >= 0.6 is 0 Å². The van der Waals surface area contributed by atoms with E-state index in [1.54, 1.807) is 10.8 Å². The zero-order chi connectivity index (χ0) is 28.5. The number of aromatic nitrogens is 4. The summed E-state index contributed by atoms with van der Waals surface area (Å²) in [7, 11) is 0. The Labute approximate surface area is 241 Å². The van der Waals surface area contributed by atoms with Crippen molar-refractivity contribution in [2.75, 3.05) is 42.9 Å². The van der Waals surface area contributed by atoms with Crippen LogP contribution in [0, 0.1) is 13.8 Å². The maximum absolute atomic E-state index is 13.9. The zero-order valence-electron chi connectivity index (χ0n) is 24.5. The number of hydrogen-bond acceptors (Lipinski definition) is 8. The number of anilines is 3. The van der Waals surface area contributed by atoms with Crippen LogP contribution in [-0.2, 0) is 0 Å². The van der Waals surface area contributed by atoms with Gasteiger partial charge in [-0.2, -0.15) is 4.98 Å². The predicted octanol–water partition coefficient (Wildman–Crippen LogP) is 5.02. The quantitative estimate of drug-likeness (QED) is 0.307. The van der Waals surface area contributed by atoms with E-state index in [0.717, 1.165) is 67.0 Å². The molecule has 0 spiro atoms. The van der Waals surface area contributed by atoms with Crippen molar-refractivity contribution in [1.82, 2.24) is 30.2 Å². The Bertz CT molecular complexity index is 1620. The Kier molecular flexibility index (Phi) is 7.73. The summed E-state index contributed by atoms with van der Waals surface area (Å²) in [5.41, 5.74) is 7.51. The Hall–Kier alpha value is -3.82. The largest absolute Gasteiger partial charge is 0.369 e. The highest BCUT2D eigenvalue weighted by atomic mass is 16.1. The van der Waals surface area contributed by atoms with Crippen LogP contribution in [0.3, 0.4) is 0 Å². The van der Waals surface area contributed by atoms with Gasteiger partial charge in [0, 0.05) is 78.5 Å². The molecule has 0 saturated carbocycles. The minimum Gasteiger partial charge on any atom is -0.369 e. The number of aryl methyl sites for hydroxylation is 2. The maximum Gasteiger partial charge on any atom is 0.260 e. The van der Waals surface area contributed by atoms with Crippen molar-refractivity contribution in [2.45, 2.75) is 59.0 Å². The molecular weight excluding hydrogens is 512 g/mol. The standard InChI is InChI=1S/C32H40N8O/c1-20(2)40-30-23(17-25(31(40)41)26-19-35-28(16-21(26)3)27-7-5-6-10-34-27)18-36-32(38-30)37-24-8-9-29(22(4)15-24)39-13-11-33-12-14-39/h8-9,15-20,27,33-34H,5-7,10-14H2,1-4H3,(H,36,37,38). The van der Waals surface area contributed by atoms with Gasteiger partial charge in [-0.25, -0.2) is 4.98 Å². The first-order valence-corrected chi connectivity index (χ1v) is 14.8. The van der Waals surface area contributed by atoms with Crippen LogP contribution in [-0.4, -0.2) is 52.2 Å². The summed E-state index contributed by atoms with van der Waals surface area (Å²) in [4.78, 5) is 30.5. The highest BCUT2D eigenvalue weighted by molar-refractivity contribution is 5.82. The van der Waals surface area contributed by atoms with Gasteiger partial charge in [-0.3, -0.25) is 14.3 Å².